The summed E-state index contributed by atoms with van der Waals surface area (Å²) >= 11 is 6.28. The van der Waals surface area contributed by atoms with Gasteiger partial charge in [0, 0.05) is 17.8 Å². The van der Waals surface area contributed by atoms with Gasteiger partial charge in [-0.25, -0.2) is 4.68 Å². The molecule has 186 valence electrons. The molecule has 5 rings (SSSR count). The summed E-state index contributed by atoms with van der Waals surface area (Å²) in [5.41, 5.74) is 2.28. The Bertz CT molecular complexity index is 1570. The molecule has 1 amide bonds. The number of nitrogens with one attached hydrogen (secondary N) is 1. The highest BCUT2D eigenvalue weighted by molar-refractivity contribution is 6.32. The fourth-order valence-corrected chi connectivity index (χ4v) is 4.25. The molecule has 2 heterocycles. The van der Waals surface area contributed by atoms with E-state index in [1.807, 2.05) is 37.3 Å². The fraction of sp³-hybridized carbons (Fsp3) is 0.0714. The van der Waals surface area contributed by atoms with Gasteiger partial charge in [-0.1, -0.05) is 54.1 Å². The van der Waals surface area contributed by atoms with Gasteiger partial charge in [0.15, 0.2) is 0 Å². The molecule has 0 saturated carbocycles. The van der Waals surface area contributed by atoms with Crippen LogP contribution in [0.25, 0.3) is 22.6 Å². The molecule has 5 nitrogen and oxygen atoms in total. The molecule has 0 aliphatic rings. The third-order valence-electron chi connectivity index (χ3n) is 5.78. The van der Waals surface area contributed by atoms with Crippen molar-refractivity contribution in [3.05, 3.63) is 119 Å². The summed E-state index contributed by atoms with van der Waals surface area (Å²) in [5, 5.41) is 7.62. The summed E-state index contributed by atoms with van der Waals surface area (Å²) in [6, 6.07) is 25.2. The van der Waals surface area contributed by atoms with Crippen molar-refractivity contribution in [3.8, 4) is 22.6 Å². The van der Waals surface area contributed by atoms with Crippen molar-refractivity contribution in [2.45, 2.75) is 13.1 Å². The zero-order chi connectivity index (χ0) is 26.2. The first-order valence-electron chi connectivity index (χ1n) is 11.3. The molecule has 0 unspecified atom stereocenters. The molecular formula is C28H20ClF3N4O. The number of aromatic nitrogens is 3. The second kappa shape index (κ2) is 9.63. The first-order valence-corrected chi connectivity index (χ1v) is 11.7. The Hall–Kier alpha value is -4.30. The largest absolute Gasteiger partial charge is 0.417 e. The molecule has 0 aliphatic carbocycles. The van der Waals surface area contributed by atoms with Gasteiger partial charge in [0.1, 0.15) is 5.82 Å². The van der Waals surface area contributed by atoms with Crippen LogP contribution >= 0.6 is 11.6 Å². The van der Waals surface area contributed by atoms with Crippen molar-refractivity contribution in [1.29, 1.82) is 0 Å². The maximum Gasteiger partial charge on any atom is 0.417 e. The van der Waals surface area contributed by atoms with Crippen LogP contribution in [0, 0.1) is 6.92 Å². The number of hydrogen-bond donors (Lipinski definition) is 1. The summed E-state index contributed by atoms with van der Waals surface area (Å²) in [4.78, 5) is 13.0. The first-order chi connectivity index (χ1) is 17.7. The third kappa shape index (κ3) is 5.01. The Kier molecular flexibility index (Phi) is 6.35. The molecule has 3 aromatic carbocycles. The summed E-state index contributed by atoms with van der Waals surface area (Å²) in [6.07, 6.45) is -3.51. The lowest BCUT2D eigenvalue weighted by Gasteiger charge is -2.12. The number of nitrogens with zero attached hydrogens (tertiary/aromatic N) is 3. The second-order valence-electron chi connectivity index (χ2n) is 8.38. The second-order valence-corrected chi connectivity index (χ2v) is 8.79. The molecule has 9 heteroatoms. The minimum absolute atomic E-state index is 0.296. The van der Waals surface area contributed by atoms with E-state index >= 15 is 0 Å². The fourth-order valence-electron chi connectivity index (χ4n) is 4.02. The van der Waals surface area contributed by atoms with E-state index in [0.29, 0.717) is 33.3 Å². The van der Waals surface area contributed by atoms with Crippen molar-refractivity contribution in [2.24, 2.45) is 0 Å². The van der Waals surface area contributed by atoms with Gasteiger partial charge in [-0.2, -0.15) is 18.3 Å². The van der Waals surface area contributed by atoms with Crippen LogP contribution < -0.4 is 5.32 Å². The number of hydrogen-bond acceptors (Lipinski definition) is 2. The lowest BCUT2D eigenvalue weighted by molar-refractivity contribution is -0.137. The van der Waals surface area contributed by atoms with Gasteiger partial charge in [0.25, 0.3) is 5.91 Å². The van der Waals surface area contributed by atoms with Gasteiger partial charge in [0.2, 0.25) is 0 Å². The van der Waals surface area contributed by atoms with E-state index in [4.69, 9.17) is 11.6 Å². The highest BCUT2D eigenvalue weighted by Gasteiger charge is 2.33. The van der Waals surface area contributed by atoms with E-state index < -0.39 is 11.7 Å². The Morgan fingerprint density at radius 2 is 1.59 bits per heavy atom. The SMILES string of the molecule is Cc1cc(NC(=O)c2ccc(-c3cc(C(F)(F)F)cn3-c3ccccc3Cl)cc2)n(-c2ccccc2)n1. The molecule has 0 saturated heterocycles. The Labute approximate surface area is 215 Å². The first kappa shape index (κ1) is 24.4. The number of aryl methyl sites for hydroxylation is 1. The summed E-state index contributed by atoms with van der Waals surface area (Å²) in [5.74, 6) is 0.126. The molecule has 0 fully saturated rings. The van der Waals surface area contributed by atoms with E-state index in [-0.39, 0.29) is 5.91 Å². The number of amides is 1. The van der Waals surface area contributed by atoms with Crippen molar-refractivity contribution in [3.63, 3.8) is 0 Å². The maximum atomic E-state index is 13.5. The summed E-state index contributed by atoms with van der Waals surface area (Å²) in [7, 11) is 0. The van der Waals surface area contributed by atoms with Crippen LogP contribution in [0.3, 0.4) is 0 Å². The molecule has 5 aromatic rings. The van der Waals surface area contributed by atoms with E-state index in [2.05, 4.69) is 10.4 Å². The third-order valence-corrected chi connectivity index (χ3v) is 6.10. The standard InChI is InChI=1S/C28H20ClF3N4O/c1-18-15-26(36(34-18)22-7-3-2-4-8-22)33-27(37)20-13-11-19(12-14-20)25-16-21(28(30,31)32)17-35(25)24-10-6-5-9-23(24)29/h2-17H,1H3,(H,33,37). The zero-order valence-corrected chi connectivity index (χ0v) is 20.3. The molecule has 2 aromatic heterocycles. The smallest absolute Gasteiger partial charge is 0.314 e. The molecule has 37 heavy (non-hydrogen) atoms. The number of benzene rings is 3. The number of para-hydroxylation sites is 2. The molecule has 0 bridgehead atoms. The average Bonchev–Trinajstić information content (AvgIpc) is 3.49. The van der Waals surface area contributed by atoms with Crippen LogP contribution in [-0.2, 0) is 6.18 Å². The van der Waals surface area contributed by atoms with E-state index in [9.17, 15) is 18.0 Å². The lowest BCUT2D eigenvalue weighted by Crippen LogP contribution is -2.15. The molecule has 0 radical (unpaired) electrons. The Morgan fingerprint density at radius 3 is 2.27 bits per heavy atom. The van der Waals surface area contributed by atoms with Crippen molar-refractivity contribution >= 4 is 23.3 Å². The predicted molar refractivity (Wildman–Crippen MR) is 137 cm³/mol. The van der Waals surface area contributed by atoms with Crippen LogP contribution in [0.5, 0.6) is 0 Å². The number of carbonyl (C=O) groups excluding carboxylic acids is 1. The van der Waals surface area contributed by atoms with Crippen molar-refractivity contribution in [1.82, 2.24) is 14.3 Å². The molecular weight excluding hydrogens is 501 g/mol. The zero-order valence-electron chi connectivity index (χ0n) is 19.5. The molecule has 0 spiro atoms. The van der Waals surface area contributed by atoms with Gasteiger partial charge in [-0.05, 0) is 55.0 Å². The summed E-state index contributed by atoms with van der Waals surface area (Å²) in [6.45, 7) is 1.83. The minimum Gasteiger partial charge on any atom is -0.314 e. The molecule has 1 N–H and O–H groups in total. The van der Waals surface area contributed by atoms with Crippen LogP contribution in [0.4, 0.5) is 19.0 Å². The lowest BCUT2D eigenvalue weighted by atomic mass is 10.1. The van der Waals surface area contributed by atoms with Crippen LogP contribution in [0.15, 0.2) is 97.2 Å². The van der Waals surface area contributed by atoms with E-state index in [0.717, 1.165) is 23.6 Å². The van der Waals surface area contributed by atoms with Crippen LogP contribution in [0.2, 0.25) is 5.02 Å². The average molecular weight is 521 g/mol. The van der Waals surface area contributed by atoms with Crippen molar-refractivity contribution < 1.29 is 18.0 Å². The summed E-state index contributed by atoms with van der Waals surface area (Å²) < 4.78 is 43.7. The number of anilines is 1. The van der Waals surface area contributed by atoms with Gasteiger partial charge < -0.3 is 9.88 Å². The van der Waals surface area contributed by atoms with Gasteiger partial charge >= 0.3 is 6.18 Å². The maximum absolute atomic E-state index is 13.5. The monoisotopic (exact) mass is 520 g/mol. The minimum atomic E-state index is -4.53. The van der Waals surface area contributed by atoms with Crippen molar-refractivity contribution in [2.75, 3.05) is 5.32 Å². The molecule has 0 atom stereocenters. The van der Waals surface area contributed by atoms with Gasteiger partial charge in [0.05, 0.1) is 33.3 Å². The number of alkyl halides is 3. The Balaban J connectivity index is 1.46. The van der Waals surface area contributed by atoms with E-state index in [1.54, 1.807) is 59.3 Å². The normalized spacial score (nSPS) is 11.5. The van der Waals surface area contributed by atoms with Gasteiger partial charge in [-0.15, -0.1) is 0 Å². The number of halogens is 4. The van der Waals surface area contributed by atoms with Crippen LogP contribution in [0.1, 0.15) is 21.6 Å². The number of rotatable bonds is 5. The topological polar surface area (TPSA) is 51.9 Å². The van der Waals surface area contributed by atoms with Gasteiger partial charge in [-0.3, -0.25) is 4.79 Å². The van der Waals surface area contributed by atoms with E-state index in [1.165, 1.54) is 4.57 Å². The Morgan fingerprint density at radius 1 is 0.919 bits per heavy atom. The predicted octanol–water partition coefficient (Wildman–Crippen LogP) is 7.56. The molecule has 0 aliphatic heterocycles. The number of carbonyl (C=O) groups is 1. The van der Waals surface area contributed by atoms with Crippen LogP contribution in [-0.4, -0.2) is 20.3 Å². The highest BCUT2D eigenvalue weighted by Crippen LogP contribution is 2.36. The quantitative estimate of drug-likeness (QED) is 0.260. The highest BCUT2D eigenvalue weighted by atomic mass is 35.5.